The highest BCUT2D eigenvalue weighted by atomic mass is 32.1. The van der Waals surface area contributed by atoms with E-state index < -0.39 is 0 Å². The van der Waals surface area contributed by atoms with Crippen LogP contribution in [-0.4, -0.2) is 46.3 Å². The van der Waals surface area contributed by atoms with Crippen LogP contribution >= 0.6 is 11.3 Å². The number of nitrogens with zero attached hydrogens (tertiary/aromatic N) is 3. The summed E-state index contributed by atoms with van der Waals surface area (Å²) < 4.78 is 0. The Morgan fingerprint density at radius 2 is 2.17 bits per heavy atom. The van der Waals surface area contributed by atoms with Crippen molar-refractivity contribution in [1.82, 2.24) is 20.2 Å². The fourth-order valence-electron chi connectivity index (χ4n) is 2.74. The largest absolute Gasteiger partial charge is 0.357 e. The van der Waals surface area contributed by atoms with Gasteiger partial charge in [0, 0.05) is 19.8 Å². The van der Waals surface area contributed by atoms with Crippen molar-refractivity contribution < 1.29 is 9.59 Å². The van der Waals surface area contributed by atoms with Gasteiger partial charge in [-0.3, -0.25) is 14.6 Å². The monoisotopic (exact) mass is 330 g/mol. The molecule has 120 valence electrons. The van der Waals surface area contributed by atoms with Gasteiger partial charge in [0.15, 0.2) is 0 Å². The Bertz CT molecular complexity index is 701. The molecule has 3 heterocycles. The van der Waals surface area contributed by atoms with Crippen LogP contribution in [0.25, 0.3) is 10.7 Å². The van der Waals surface area contributed by atoms with E-state index in [0.717, 1.165) is 18.5 Å². The highest BCUT2D eigenvalue weighted by Gasteiger charge is 2.32. The number of amides is 2. The first-order chi connectivity index (χ1) is 11.2. The summed E-state index contributed by atoms with van der Waals surface area (Å²) in [5.74, 6) is -0.231. The highest BCUT2D eigenvalue weighted by molar-refractivity contribution is 7.16. The Hall–Kier alpha value is -2.28. The Morgan fingerprint density at radius 3 is 2.91 bits per heavy atom. The molecular weight excluding hydrogens is 312 g/mol. The van der Waals surface area contributed by atoms with Crippen molar-refractivity contribution in [2.45, 2.75) is 25.3 Å². The predicted molar refractivity (Wildman–Crippen MR) is 88.1 cm³/mol. The van der Waals surface area contributed by atoms with Gasteiger partial charge in [-0.1, -0.05) is 6.07 Å². The van der Waals surface area contributed by atoms with Crippen molar-refractivity contribution in [2.75, 3.05) is 13.6 Å². The molecule has 0 aliphatic carbocycles. The lowest BCUT2D eigenvalue weighted by atomic mass is 10.0. The molecule has 1 aliphatic rings. The zero-order valence-corrected chi connectivity index (χ0v) is 13.7. The highest BCUT2D eigenvalue weighted by Crippen LogP contribution is 2.26. The molecule has 1 atom stereocenters. The minimum absolute atomic E-state index is 0.104. The maximum Gasteiger partial charge on any atom is 0.266 e. The second-order valence-electron chi connectivity index (χ2n) is 5.37. The molecule has 0 saturated carbocycles. The van der Waals surface area contributed by atoms with Crippen molar-refractivity contribution in [3.05, 3.63) is 35.5 Å². The van der Waals surface area contributed by atoms with Crippen LogP contribution < -0.4 is 5.32 Å². The summed E-state index contributed by atoms with van der Waals surface area (Å²) in [6.45, 7) is 0.605. The molecule has 23 heavy (non-hydrogen) atoms. The number of thiazole rings is 1. The third-order valence-corrected chi connectivity index (χ3v) is 4.92. The average molecular weight is 330 g/mol. The van der Waals surface area contributed by atoms with Gasteiger partial charge in [-0.15, -0.1) is 11.3 Å². The smallest absolute Gasteiger partial charge is 0.266 e. The van der Waals surface area contributed by atoms with E-state index in [4.69, 9.17) is 0 Å². The molecule has 0 aromatic carbocycles. The summed E-state index contributed by atoms with van der Waals surface area (Å²) in [7, 11) is 1.60. The second-order valence-corrected chi connectivity index (χ2v) is 6.40. The van der Waals surface area contributed by atoms with Gasteiger partial charge in [0.05, 0.1) is 11.9 Å². The topological polar surface area (TPSA) is 75.2 Å². The van der Waals surface area contributed by atoms with Crippen LogP contribution in [0.2, 0.25) is 0 Å². The number of hydrogen-bond donors (Lipinski definition) is 1. The van der Waals surface area contributed by atoms with E-state index in [2.05, 4.69) is 15.3 Å². The average Bonchev–Trinajstić information content (AvgIpc) is 3.11. The molecule has 1 aliphatic heterocycles. The number of aromatic nitrogens is 2. The van der Waals surface area contributed by atoms with E-state index in [1.54, 1.807) is 24.3 Å². The quantitative estimate of drug-likeness (QED) is 0.933. The van der Waals surface area contributed by atoms with Gasteiger partial charge >= 0.3 is 0 Å². The van der Waals surface area contributed by atoms with Crippen molar-refractivity contribution in [3.63, 3.8) is 0 Å². The second kappa shape index (κ2) is 6.87. The minimum Gasteiger partial charge on any atom is -0.357 e. The van der Waals surface area contributed by atoms with Crippen molar-refractivity contribution >= 4 is 23.2 Å². The number of carbonyl (C=O) groups is 2. The van der Waals surface area contributed by atoms with Crippen LogP contribution in [0.1, 0.15) is 28.9 Å². The number of piperidine rings is 1. The molecule has 2 amide bonds. The maximum absolute atomic E-state index is 12.8. The molecule has 0 bridgehead atoms. The predicted octanol–water partition coefficient (Wildman–Crippen LogP) is 1.95. The number of likely N-dealkylation sites (tertiary alicyclic amines) is 1. The molecule has 2 aromatic rings. The molecular formula is C16H18N4O2S. The van der Waals surface area contributed by atoms with Crippen LogP contribution in [0.3, 0.4) is 0 Å². The molecule has 1 fully saturated rings. The zero-order valence-electron chi connectivity index (χ0n) is 12.9. The van der Waals surface area contributed by atoms with Gasteiger partial charge < -0.3 is 10.2 Å². The molecule has 2 aromatic heterocycles. The van der Waals surface area contributed by atoms with Crippen LogP contribution in [0.4, 0.5) is 0 Å². The normalized spacial score (nSPS) is 17.8. The van der Waals surface area contributed by atoms with E-state index in [-0.39, 0.29) is 17.9 Å². The molecule has 6 nitrogen and oxygen atoms in total. The van der Waals surface area contributed by atoms with E-state index in [1.807, 2.05) is 18.2 Å². The molecule has 0 spiro atoms. The van der Waals surface area contributed by atoms with Crippen molar-refractivity contribution in [2.24, 2.45) is 0 Å². The minimum atomic E-state index is -0.387. The Morgan fingerprint density at radius 1 is 1.30 bits per heavy atom. The lowest BCUT2D eigenvalue weighted by Gasteiger charge is -2.34. The Labute approximate surface area is 138 Å². The lowest BCUT2D eigenvalue weighted by molar-refractivity contribution is -0.126. The number of pyridine rings is 1. The standard InChI is InChI=1S/C16H18N4O2S/c1-17-14(21)12-7-3-5-9-20(12)16(22)13-10-19-15(23-13)11-6-2-4-8-18-11/h2,4,6,8,10,12H,3,5,7,9H2,1H3,(H,17,21). The first-order valence-corrected chi connectivity index (χ1v) is 8.42. The van der Waals surface area contributed by atoms with E-state index in [0.29, 0.717) is 22.9 Å². The van der Waals surface area contributed by atoms with E-state index in [9.17, 15) is 9.59 Å². The van der Waals surface area contributed by atoms with Gasteiger partial charge in [0.25, 0.3) is 5.91 Å². The number of rotatable bonds is 3. The number of hydrogen-bond acceptors (Lipinski definition) is 5. The zero-order chi connectivity index (χ0) is 16.2. The van der Waals surface area contributed by atoms with Gasteiger partial charge in [0.1, 0.15) is 15.9 Å². The summed E-state index contributed by atoms with van der Waals surface area (Å²) in [6.07, 6.45) is 5.86. The van der Waals surface area contributed by atoms with Gasteiger partial charge in [-0.25, -0.2) is 4.98 Å². The summed E-state index contributed by atoms with van der Waals surface area (Å²) in [5, 5.41) is 3.36. The first kappa shape index (κ1) is 15.6. The van der Waals surface area contributed by atoms with Crippen LogP contribution in [0.15, 0.2) is 30.6 Å². The molecule has 0 radical (unpaired) electrons. The van der Waals surface area contributed by atoms with Crippen LogP contribution in [0, 0.1) is 0 Å². The van der Waals surface area contributed by atoms with Crippen LogP contribution in [-0.2, 0) is 4.79 Å². The third kappa shape index (κ3) is 3.24. The summed E-state index contributed by atoms with van der Waals surface area (Å²) in [5.41, 5.74) is 0.748. The fourth-order valence-corrected chi connectivity index (χ4v) is 3.59. The van der Waals surface area contributed by atoms with Gasteiger partial charge in [0.2, 0.25) is 5.91 Å². The number of nitrogens with one attached hydrogen (secondary N) is 1. The van der Waals surface area contributed by atoms with Crippen LogP contribution in [0.5, 0.6) is 0 Å². The summed E-state index contributed by atoms with van der Waals surface area (Å²) in [6, 6.07) is 5.20. The Balaban J connectivity index is 1.82. The van der Waals surface area contributed by atoms with Gasteiger partial charge in [-0.2, -0.15) is 0 Å². The number of carbonyl (C=O) groups excluding carboxylic acids is 2. The summed E-state index contributed by atoms with van der Waals surface area (Å²) in [4.78, 5) is 35.5. The Kier molecular flexibility index (Phi) is 4.66. The first-order valence-electron chi connectivity index (χ1n) is 7.60. The molecule has 1 saturated heterocycles. The third-order valence-electron chi connectivity index (χ3n) is 3.91. The molecule has 1 N–H and O–H groups in total. The molecule has 1 unspecified atom stereocenters. The number of likely N-dealkylation sites (N-methyl/N-ethyl adjacent to an activating group) is 1. The van der Waals surface area contributed by atoms with Crippen molar-refractivity contribution in [3.8, 4) is 10.7 Å². The van der Waals surface area contributed by atoms with Gasteiger partial charge in [-0.05, 0) is 31.4 Å². The van der Waals surface area contributed by atoms with E-state index in [1.165, 1.54) is 11.3 Å². The van der Waals surface area contributed by atoms with Crippen molar-refractivity contribution in [1.29, 1.82) is 0 Å². The molecule has 7 heteroatoms. The molecule has 3 rings (SSSR count). The van der Waals surface area contributed by atoms with E-state index >= 15 is 0 Å². The SMILES string of the molecule is CNC(=O)C1CCCCN1C(=O)c1cnc(-c2ccccn2)s1. The summed E-state index contributed by atoms with van der Waals surface area (Å²) >= 11 is 1.31. The lowest BCUT2D eigenvalue weighted by Crippen LogP contribution is -2.51. The maximum atomic E-state index is 12.8. The fraction of sp³-hybridized carbons (Fsp3) is 0.375.